The highest BCUT2D eigenvalue weighted by Gasteiger charge is 2.32. The van der Waals surface area contributed by atoms with Crippen molar-refractivity contribution in [3.63, 3.8) is 0 Å². The van der Waals surface area contributed by atoms with E-state index in [-0.39, 0.29) is 11.5 Å². The molecule has 1 aliphatic heterocycles. The lowest BCUT2D eigenvalue weighted by atomic mass is 10.1. The molecular weight excluding hydrogens is 322 g/mol. The number of ether oxygens (including phenoxy) is 1. The molecule has 3 heterocycles. The molecule has 1 fully saturated rings. The molecule has 1 aromatic carbocycles. The molecule has 0 unspecified atom stereocenters. The van der Waals surface area contributed by atoms with Crippen LogP contribution in [0, 0.1) is 6.92 Å². The average molecular weight is 339 g/mol. The molecule has 2 aromatic heterocycles. The topological polar surface area (TPSA) is 104 Å². The van der Waals surface area contributed by atoms with Crippen molar-refractivity contribution in [2.24, 2.45) is 0 Å². The molecule has 0 aliphatic carbocycles. The first-order valence-corrected chi connectivity index (χ1v) is 8.03. The summed E-state index contributed by atoms with van der Waals surface area (Å²) in [6.07, 6.45) is 0. The second kappa shape index (κ2) is 6.14. The van der Waals surface area contributed by atoms with Crippen molar-refractivity contribution in [2.75, 3.05) is 19.8 Å². The van der Waals surface area contributed by atoms with Gasteiger partial charge in [-0.15, -0.1) is 0 Å². The number of aryl methyl sites for hydroxylation is 1. The highest BCUT2D eigenvalue weighted by atomic mass is 16.5. The average Bonchev–Trinajstić information content (AvgIpc) is 3.04. The number of carbonyl (C=O) groups is 1. The van der Waals surface area contributed by atoms with E-state index in [9.17, 15) is 9.59 Å². The van der Waals surface area contributed by atoms with Crippen molar-refractivity contribution < 1.29 is 9.53 Å². The van der Waals surface area contributed by atoms with E-state index in [1.54, 1.807) is 11.8 Å². The van der Waals surface area contributed by atoms with Crippen LogP contribution in [0.4, 0.5) is 0 Å². The number of nitrogens with zero attached hydrogens (tertiary/aromatic N) is 3. The minimum atomic E-state index is -0.419. The molecule has 25 heavy (non-hydrogen) atoms. The van der Waals surface area contributed by atoms with Gasteiger partial charge in [-0.25, -0.2) is 4.98 Å². The summed E-state index contributed by atoms with van der Waals surface area (Å²) >= 11 is 0. The van der Waals surface area contributed by atoms with Gasteiger partial charge in [0.05, 0.1) is 30.5 Å². The van der Waals surface area contributed by atoms with Gasteiger partial charge in [-0.3, -0.25) is 14.7 Å². The van der Waals surface area contributed by atoms with Crippen LogP contribution in [0.25, 0.3) is 10.9 Å². The van der Waals surface area contributed by atoms with Gasteiger partial charge in [0, 0.05) is 18.0 Å². The first-order valence-electron chi connectivity index (χ1n) is 8.03. The lowest BCUT2D eigenvalue weighted by molar-refractivity contribution is -0.00422. The Balaban J connectivity index is 1.73. The summed E-state index contributed by atoms with van der Waals surface area (Å²) in [6, 6.07) is 8.48. The molecule has 1 saturated heterocycles. The largest absolute Gasteiger partial charge is 0.377 e. The molecule has 3 aromatic rings. The number of morpholine rings is 1. The normalized spacial score (nSPS) is 17.8. The molecule has 0 radical (unpaired) electrons. The van der Waals surface area contributed by atoms with E-state index in [4.69, 9.17) is 4.74 Å². The maximum atomic E-state index is 13.1. The zero-order chi connectivity index (χ0) is 17.4. The van der Waals surface area contributed by atoms with Crippen LogP contribution in [0.5, 0.6) is 0 Å². The van der Waals surface area contributed by atoms with Crippen molar-refractivity contribution in [1.82, 2.24) is 25.1 Å². The minimum absolute atomic E-state index is 0.203. The number of fused-ring (bicyclic) bond motifs is 1. The van der Waals surface area contributed by atoms with Gasteiger partial charge >= 0.3 is 0 Å². The van der Waals surface area contributed by atoms with E-state index in [0.717, 1.165) is 10.9 Å². The highest BCUT2D eigenvalue weighted by Crippen LogP contribution is 2.26. The summed E-state index contributed by atoms with van der Waals surface area (Å²) in [4.78, 5) is 33.5. The van der Waals surface area contributed by atoms with Crippen molar-refractivity contribution in [3.8, 4) is 0 Å². The number of carbonyl (C=O) groups excluding carboxylic acids is 1. The van der Waals surface area contributed by atoms with E-state index >= 15 is 0 Å². The van der Waals surface area contributed by atoms with Crippen molar-refractivity contribution in [2.45, 2.75) is 13.0 Å². The molecular formula is C17H17N5O3. The summed E-state index contributed by atoms with van der Waals surface area (Å²) in [6.45, 7) is 2.86. The maximum Gasteiger partial charge on any atom is 0.275 e. The fourth-order valence-electron chi connectivity index (χ4n) is 3.13. The lowest BCUT2D eigenvalue weighted by Gasteiger charge is -2.34. The summed E-state index contributed by atoms with van der Waals surface area (Å²) in [5, 5.41) is 7.84. The third-order valence-electron chi connectivity index (χ3n) is 4.28. The molecule has 4 rings (SSSR count). The van der Waals surface area contributed by atoms with E-state index in [0.29, 0.717) is 37.0 Å². The third kappa shape index (κ3) is 2.80. The summed E-state index contributed by atoms with van der Waals surface area (Å²) in [5.41, 5.74) is 1.45. The smallest absolute Gasteiger partial charge is 0.275 e. The fraction of sp³-hybridized carbons (Fsp3) is 0.294. The summed E-state index contributed by atoms with van der Waals surface area (Å²) in [7, 11) is 0. The van der Waals surface area contributed by atoms with Gasteiger partial charge in [0.2, 0.25) is 0 Å². The van der Waals surface area contributed by atoms with E-state index in [2.05, 4.69) is 20.2 Å². The standard InChI is InChI=1S/C17H17N5O3/c1-10-18-13(8-15(23)19-10)14-9-25-7-6-22(14)17(24)16-11-4-2-3-5-12(11)20-21-16/h2-5,8,14H,6-7,9H2,1H3,(H,20,21)(H,18,19,23)/t14-/m0/s1. The van der Waals surface area contributed by atoms with Crippen LogP contribution >= 0.6 is 0 Å². The Kier molecular flexibility index (Phi) is 3.81. The molecule has 1 aliphatic rings. The maximum absolute atomic E-state index is 13.1. The predicted octanol–water partition coefficient (Wildman–Crippen LogP) is 1.17. The number of aromatic amines is 2. The quantitative estimate of drug-likeness (QED) is 0.729. The van der Waals surface area contributed by atoms with Gasteiger partial charge in [0.1, 0.15) is 5.82 Å². The van der Waals surface area contributed by atoms with Crippen LogP contribution < -0.4 is 5.56 Å². The third-order valence-corrected chi connectivity index (χ3v) is 4.28. The number of hydrogen-bond donors (Lipinski definition) is 2. The second-order valence-electron chi connectivity index (χ2n) is 5.96. The molecule has 8 nitrogen and oxygen atoms in total. The van der Waals surface area contributed by atoms with Crippen LogP contribution in [-0.2, 0) is 4.74 Å². The van der Waals surface area contributed by atoms with Crippen molar-refractivity contribution in [3.05, 3.63) is 57.9 Å². The van der Waals surface area contributed by atoms with Gasteiger partial charge < -0.3 is 14.6 Å². The monoisotopic (exact) mass is 339 g/mol. The molecule has 2 N–H and O–H groups in total. The summed E-state index contributed by atoms with van der Waals surface area (Å²) < 4.78 is 5.53. The lowest BCUT2D eigenvalue weighted by Crippen LogP contribution is -2.44. The van der Waals surface area contributed by atoms with Crippen LogP contribution in [0.15, 0.2) is 35.1 Å². The Morgan fingerprint density at radius 2 is 2.20 bits per heavy atom. The number of para-hydroxylation sites is 1. The molecule has 1 atom stereocenters. The number of nitrogens with one attached hydrogen (secondary N) is 2. The van der Waals surface area contributed by atoms with E-state index < -0.39 is 6.04 Å². The zero-order valence-corrected chi connectivity index (χ0v) is 13.7. The number of amides is 1. The zero-order valence-electron chi connectivity index (χ0n) is 13.7. The first-order chi connectivity index (χ1) is 12.1. The van der Waals surface area contributed by atoms with Crippen LogP contribution in [0.1, 0.15) is 28.0 Å². The fourth-order valence-corrected chi connectivity index (χ4v) is 3.13. The molecule has 8 heteroatoms. The van der Waals surface area contributed by atoms with Crippen molar-refractivity contribution >= 4 is 16.8 Å². The molecule has 0 bridgehead atoms. The Bertz CT molecular complexity index is 993. The molecule has 0 saturated carbocycles. The first kappa shape index (κ1) is 15.5. The Morgan fingerprint density at radius 1 is 1.36 bits per heavy atom. The molecule has 1 amide bonds. The second-order valence-corrected chi connectivity index (χ2v) is 5.96. The number of H-pyrrole nitrogens is 2. The van der Waals surface area contributed by atoms with Gasteiger partial charge in [0.25, 0.3) is 11.5 Å². The SMILES string of the molecule is Cc1nc([C@@H]2COCCN2C(=O)c2n[nH]c3ccccc23)cc(=O)[nH]1. The van der Waals surface area contributed by atoms with Gasteiger partial charge in [-0.05, 0) is 13.0 Å². The van der Waals surface area contributed by atoms with Crippen LogP contribution in [0.3, 0.4) is 0 Å². The molecule has 128 valence electrons. The predicted molar refractivity (Wildman–Crippen MR) is 90.3 cm³/mol. The Morgan fingerprint density at radius 3 is 3.04 bits per heavy atom. The molecule has 0 spiro atoms. The van der Waals surface area contributed by atoms with Gasteiger partial charge in [0.15, 0.2) is 5.69 Å². The van der Waals surface area contributed by atoms with E-state index in [1.165, 1.54) is 6.07 Å². The van der Waals surface area contributed by atoms with E-state index in [1.807, 2.05) is 24.3 Å². The van der Waals surface area contributed by atoms with Gasteiger partial charge in [-0.2, -0.15) is 5.10 Å². The summed E-state index contributed by atoms with van der Waals surface area (Å²) in [5.74, 6) is 0.302. The number of benzene rings is 1. The number of aromatic nitrogens is 4. The minimum Gasteiger partial charge on any atom is -0.377 e. The highest BCUT2D eigenvalue weighted by molar-refractivity contribution is 6.04. The van der Waals surface area contributed by atoms with Gasteiger partial charge in [-0.1, -0.05) is 18.2 Å². The van der Waals surface area contributed by atoms with Crippen LogP contribution in [0.2, 0.25) is 0 Å². The Labute approximate surface area is 142 Å². The number of hydrogen-bond acceptors (Lipinski definition) is 5. The number of rotatable bonds is 2. The Hall–Kier alpha value is -3.00. The van der Waals surface area contributed by atoms with Crippen LogP contribution in [-0.4, -0.2) is 50.7 Å². The van der Waals surface area contributed by atoms with Crippen molar-refractivity contribution in [1.29, 1.82) is 0 Å².